The normalized spacial score (nSPS) is 27.3. The standard InChI is InChI=1S/C14H25N3O3/c1-14(2,3)20-13(19)16-5-4-10(7-16)8-17-9-11(15)6-12(17)18/h10-11H,4-9,15H2,1-3H3. The molecule has 2 rings (SSSR count). The van der Waals surface area contributed by atoms with E-state index in [1.807, 2.05) is 25.7 Å². The molecule has 2 aliphatic heterocycles. The first-order valence-corrected chi connectivity index (χ1v) is 7.26. The van der Waals surface area contributed by atoms with Crippen LogP contribution in [0.2, 0.25) is 0 Å². The lowest BCUT2D eigenvalue weighted by molar-refractivity contribution is -0.128. The summed E-state index contributed by atoms with van der Waals surface area (Å²) in [4.78, 5) is 27.2. The number of hydrogen-bond acceptors (Lipinski definition) is 4. The minimum Gasteiger partial charge on any atom is -0.444 e. The highest BCUT2D eigenvalue weighted by Crippen LogP contribution is 2.22. The Bertz CT molecular complexity index is 392. The van der Waals surface area contributed by atoms with Crippen molar-refractivity contribution in [3.8, 4) is 0 Å². The van der Waals surface area contributed by atoms with Crippen LogP contribution in [0, 0.1) is 5.92 Å². The van der Waals surface area contributed by atoms with E-state index in [1.165, 1.54) is 0 Å². The van der Waals surface area contributed by atoms with Gasteiger partial charge in [-0.2, -0.15) is 0 Å². The number of ether oxygens (including phenoxy) is 1. The molecule has 0 bridgehead atoms. The molecular formula is C14H25N3O3. The van der Waals surface area contributed by atoms with Gasteiger partial charge in [-0.15, -0.1) is 0 Å². The van der Waals surface area contributed by atoms with Gasteiger partial charge in [0.05, 0.1) is 0 Å². The van der Waals surface area contributed by atoms with Crippen LogP contribution in [-0.2, 0) is 9.53 Å². The van der Waals surface area contributed by atoms with E-state index in [4.69, 9.17) is 10.5 Å². The molecular weight excluding hydrogens is 258 g/mol. The smallest absolute Gasteiger partial charge is 0.410 e. The van der Waals surface area contributed by atoms with Crippen LogP contribution < -0.4 is 5.73 Å². The van der Waals surface area contributed by atoms with Crippen molar-refractivity contribution in [2.45, 2.75) is 45.3 Å². The second-order valence-corrected chi connectivity index (χ2v) is 6.84. The summed E-state index contributed by atoms with van der Waals surface area (Å²) in [5.74, 6) is 0.463. The van der Waals surface area contributed by atoms with Crippen molar-refractivity contribution in [3.63, 3.8) is 0 Å². The first-order chi connectivity index (χ1) is 9.24. The van der Waals surface area contributed by atoms with Crippen molar-refractivity contribution in [1.82, 2.24) is 9.80 Å². The van der Waals surface area contributed by atoms with Crippen molar-refractivity contribution >= 4 is 12.0 Å². The van der Waals surface area contributed by atoms with E-state index < -0.39 is 5.60 Å². The molecule has 2 aliphatic rings. The van der Waals surface area contributed by atoms with Crippen LogP contribution in [0.1, 0.15) is 33.6 Å². The molecule has 2 amide bonds. The zero-order valence-electron chi connectivity index (χ0n) is 12.6. The molecule has 20 heavy (non-hydrogen) atoms. The Morgan fingerprint density at radius 3 is 2.65 bits per heavy atom. The molecule has 0 radical (unpaired) electrons. The molecule has 2 atom stereocenters. The summed E-state index contributed by atoms with van der Waals surface area (Å²) in [6.45, 7) is 8.30. The second kappa shape index (κ2) is 5.60. The highest BCUT2D eigenvalue weighted by Gasteiger charge is 2.34. The molecule has 114 valence electrons. The van der Waals surface area contributed by atoms with Crippen LogP contribution in [0.5, 0.6) is 0 Å². The van der Waals surface area contributed by atoms with Gasteiger partial charge in [-0.05, 0) is 33.1 Å². The predicted molar refractivity (Wildman–Crippen MR) is 75.1 cm³/mol. The second-order valence-electron chi connectivity index (χ2n) is 6.84. The summed E-state index contributed by atoms with van der Waals surface area (Å²) in [7, 11) is 0. The van der Waals surface area contributed by atoms with E-state index in [0.717, 1.165) is 6.42 Å². The quantitative estimate of drug-likeness (QED) is 0.813. The zero-order valence-corrected chi connectivity index (χ0v) is 12.6. The molecule has 2 heterocycles. The van der Waals surface area contributed by atoms with Crippen LogP contribution in [0.3, 0.4) is 0 Å². The molecule has 0 aromatic heterocycles. The van der Waals surface area contributed by atoms with Gasteiger partial charge in [0.25, 0.3) is 0 Å². The Hall–Kier alpha value is -1.30. The molecule has 0 aromatic rings. The van der Waals surface area contributed by atoms with Crippen molar-refractivity contribution in [2.75, 3.05) is 26.2 Å². The first-order valence-electron chi connectivity index (χ1n) is 7.26. The van der Waals surface area contributed by atoms with Gasteiger partial charge in [-0.3, -0.25) is 4.79 Å². The molecule has 0 aromatic carbocycles. The fourth-order valence-corrected chi connectivity index (χ4v) is 2.76. The largest absolute Gasteiger partial charge is 0.444 e. The van der Waals surface area contributed by atoms with Crippen LogP contribution in [0.25, 0.3) is 0 Å². The Morgan fingerprint density at radius 1 is 1.40 bits per heavy atom. The number of carbonyl (C=O) groups is 2. The number of hydrogen-bond donors (Lipinski definition) is 1. The van der Waals surface area contributed by atoms with Crippen LogP contribution in [-0.4, -0.2) is 59.6 Å². The van der Waals surface area contributed by atoms with E-state index in [0.29, 0.717) is 38.5 Å². The highest BCUT2D eigenvalue weighted by molar-refractivity contribution is 5.79. The maximum absolute atomic E-state index is 12.0. The highest BCUT2D eigenvalue weighted by atomic mass is 16.6. The predicted octanol–water partition coefficient (Wildman–Crippen LogP) is 0.803. The molecule has 0 aliphatic carbocycles. The number of rotatable bonds is 2. The van der Waals surface area contributed by atoms with Crippen molar-refractivity contribution in [3.05, 3.63) is 0 Å². The van der Waals surface area contributed by atoms with Gasteiger partial charge >= 0.3 is 6.09 Å². The topological polar surface area (TPSA) is 75.9 Å². The lowest BCUT2D eigenvalue weighted by atomic mass is 10.1. The third kappa shape index (κ3) is 3.85. The van der Waals surface area contributed by atoms with Crippen molar-refractivity contribution < 1.29 is 14.3 Å². The summed E-state index contributed by atoms with van der Waals surface area (Å²) in [6.07, 6.45) is 1.10. The van der Waals surface area contributed by atoms with Gasteiger partial charge in [-0.1, -0.05) is 0 Å². The molecule has 6 heteroatoms. The van der Waals surface area contributed by atoms with Gasteiger partial charge in [0.1, 0.15) is 5.60 Å². The Morgan fingerprint density at radius 2 is 2.10 bits per heavy atom. The molecule has 0 saturated carbocycles. The molecule has 0 spiro atoms. The van der Waals surface area contributed by atoms with Gasteiger partial charge in [-0.25, -0.2) is 4.79 Å². The number of likely N-dealkylation sites (tertiary alicyclic amines) is 2. The summed E-state index contributed by atoms with van der Waals surface area (Å²) in [5.41, 5.74) is 5.32. The number of nitrogens with zero attached hydrogens (tertiary/aromatic N) is 2. The third-order valence-electron chi connectivity index (χ3n) is 3.66. The Balaban J connectivity index is 1.81. The molecule has 2 unspecified atom stereocenters. The SMILES string of the molecule is CC(C)(C)OC(=O)N1CCC(CN2CC(N)CC2=O)C1. The molecule has 2 N–H and O–H groups in total. The maximum atomic E-state index is 12.0. The van der Waals surface area contributed by atoms with E-state index in [9.17, 15) is 9.59 Å². The number of nitrogens with two attached hydrogens (primary N) is 1. The van der Waals surface area contributed by atoms with Crippen molar-refractivity contribution in [2.24, 2.45) is 11.7 Å². The average molecular weight is 283 g/mol. The fourth-order valence-electron chi connectivity index (χ4n) is 2.76. The first kappa shape index (κ1) is 15.1. The summed E-state index contributed by atoms with van der Waals surface area (Å²) < 4.78 is 5.36. The van der Waals surface area contributed by atoms with E-state index >= 15 is 0 Å². The van der Waals surface area contributed by atoms with Gasteiger partial charge in [0, 0.05) is 38.6 Å². The van der Waals surface area contributed by atoms with Gasteiger partial charge in [0.2, 0.25) is 5.91 Å². The third-order valence-corrected chi connectivity index (χ3v) is 3.66. The van der Waals surface area contributed by atoms with Gasteiger partial charge in [0.15, 0.2) is 0 Å². The van der Waals surface area contributed by atoms with Crippen LogP contribution in [0.4, 0.5) is 4.79 Å². The van der Waals surface area contributed by atoms with E-state index in [-0.39, 0.29) is 18.0 Å². The summed E-state index contributed by atoms with van der Waals surface area (Å²) in [5, 5.41) is 0. The summed E-state index contributed by atoms with van der Waals surface area (Å²) >= 11 is 0. The molecule has 2 saturated heterocycles. The van der Waals surface area contributed by atoms with E-state index in [1.54, 1.807) is 4.90 Å². The summed E-state index contributed by atoms with van der Waals surface area (Å²) in [6, 6.07) is -0.0362. The number of carbonyl (C=O) groups excluding carboxylic acids is 2. The van der Waals surface area contributed by atoms with Crippen LogP contribution >= 0.6 is 0 Å². The average Bonchev–Trinajstić information content (AvgIpc) is 2.85. The number of amides is 2. The Labute approximate surface area is 120 Å². The Kier molecular flexibility index (Phi) is 4.22. The zero-order chi connectivity index (χ0) is 14.9. The van der Waals surface area contributed by atoms with Crippen LogP contribution in [0.15, 0.2) is 0 Å². The minimum atomic E-state index is -0.465. The molecule has 2 fully saturated rings. The van der Waals surface area contributed by atoms with Crippen molar-refractivity contribution in [1.29, 1.82) is 0 Å². The lowest BCUT2D eigenvalue weighted by Gasteiger charge is -2.25. The van der Waals surface area contributed by atoms with Gasteiger partial charge < -0.3 is 20.3 Å². The maximum Gasteiger partial charge on any atom is 0.410 e. The molecule has 6 nitrogen and oxygen atoms in total. The monoisotopic (exact) mass is 283 g/mol. The fraction of sp³-hybridized carbons (Fsp3) is 0.857. The minimum absolute atomic E-state index is 0.0362. The lowest BCUT2D eigenvalue weighted by Crippen LogP contribution is -2.37. The van der Waals surface area contributed by atoms with E-state index in [2.05, 4.69) is 0 Å².